The van der Waals surface area contributed by atoms with Crippen LogP contribution in [0.2, 0.25) is 0 Å². The summed E-state index contributed by atoms with van der Waals surface area (Å²) in [6.45, 7) is 0.791. The number of hydrogen-bond donors (Lipinski definition) is 3. The van der Waals surface area contributed by atoms with E-state index in [1.807, 2.05) is 0 Å². The molecule has 0 aliphatic heterocycles. The molecule has 2 aromatic rings. The van der Waals surface area contributed by atoms with Crippen LogP contribution in [0.1, 0.15) is 10.4 Å². The van der Waals surface area contributed by atoms with Gasteiger partial charge in [0.2, 0.25) is 0 Å². The molecule has 0 atom stereocenters. The Balaban J connectivity index is 1.90. The second-order valence-electron chi connectivity index (χ2n) is 4.40. The lowest BCUT2D eigenvalue weighted by Crippen LogP contribution is -2.17. The molecule has 5 N–H and O–H groups in total. The molecule has 0 saturated heterocycles. The zero-order valence-electron chi connectivity index (χ0n) is 11.3. The quantitative estimate of drug-likeness (QED) is 0.560. The zero-order chi connectivity index (χ0) is 15.2. The maximum absolute atomic E-state index is 13.1. The molecule has 0 unspecified atom stereocenters. The van der Waals surface area contributed by atoms with Gasteiger partial charge in [-0.15, -0.1) is 0 Å². The number of anilines is 2. The Bertz CT molecular complexity index is 647. The minimum atomic E-state index is -0.686. The summed E-state index contributed by atoms with van der Waals surface area (Å²) in [5.74, 6) is -0.537. The summed E-state index contributed by atoms with van der Waals surface area (Å²) in [5, 5.41) is 2.98. The van der Waals surface area contributed by atoms with Gasteiger partial charge in [-0.2, -0.15) is 0 Å². The van der Waals surface area contributed by atoms with E-state index in [1.165, 1.54) is 12.1 Å². The van der Waals surface area contributed by atoms with Gasteiger partial charge in [0.05, 0.1) is 5.56 Å². The Hall–Kier alpha value is -2.76. The molecule has 1 amide bonds. The van der Waals surface area contributed by atoms with Gasteiger partial charge in [-0.05, 0) is 30.3 Å². The molecule has 21 heavy (non-hydrogen) atoms. The second-order valence-corrected chi connectivity index (χ2v) is 4.40. The van der Waals surface area contributed by atoms with E-state index in [1.54, 1.807) is 24.3 Å². The molecular formula is C15H16FN3O2. The Labute approximate surface area is 121 Å². The maximum atomic E-state index is 13.1. The van der Waals surface area contributed by atoms with E-state index in [-0.39, 0.29) is 5.56 Å². The number of rotatable bonds is 6. The van der Waals surface area contributed by atoms with E-state index in [2.05, 4.69) is 5.32 Å². The van der Waals surface area contributed by atoms with E-state index in [4.69, 9.17) is 16.2 Å². The number of nitrogens with two attached hydrogens (primary N) is 2. The molecular weight excluding hydrogens is 273 g/mol. The van der Waals surface area contributed by atoms with Crippen LogP contribution < -0.4 is 21.5 Å². The normalized spacial score (nSPS) is 10.1. The lowest BCUT2D eigenvalue weighted by atomic mass is 10.1. The number of primary amides is 1. The summed E-state index contributed by atoms with van der Waals surface area (Å²) in [7, 11) is 0. The highest BCUT2D eigenvalue weighted by atomic mass is 19.1. The van der Waals surface area contributed by atoms with Crippen LogP contribution in [0.4, 0.5) is 15.8 Å². The summed E-state index contributed by atoms with van der Waals surface area (Å²) < 4.78 is 18.6. The summed E-state index contributed by atoms with van der Waals surface area (Å²) in [5.41, 5.74) is 12.0. The molecule has 0 radical (unpaired) electrons. The fourth-order valence-electron chi connectivity index (χ4n) is 1.83. The van der Waals surface area contributed by atoms with Crippen LogP contribution in [-0.2, 0) is 0 Å². The van der Waals surface area contributed by atoms with E-state index >= 15 is 0 Å². The van der Waals surface area contributed by atoms with Gasteiger partial charge in [-0.1, -0.05) is 6.07 Å². The number of carbonyl (C=O) groups is 1. The van der Waals surface area contributed by atoms with Gasteiger partial charge in [0.15, 0.2) is 0 Å². The Morgan fingerprint density at radius 1 is 1.24 bits per heavy atom. The van der Waals surface area contributed by atoms with Crippen molar-refractivity contribution in [3.05, 3.63) is 53.8 Å². The third kappa shape index (κ3) is 4.10. The summed E-state index contributed by atoms with van der Waals surface area (Å²) in [4.78, 5) is 11.2. The molecule has 110 valence electrons. The van der Waals surface area contributed by atoms with E-state index in [0.717, 1.165) is 6.07 Å². The van der Waals surface area contributed by atoms with Crippen molar-refractivity contribution < 1.29 is 13.9 Å². The fraction of sp³-hybridized carbons (Fsp3) is 0.133. The predicted octanol–water partition coefficient (Wildman–Crippen LogP) is 2.00. The Morgan fingerprint density at radius 3 is 2.76 bits per heavy atom. The Kier molecular flexibility index (Phi) is 4.61. The lowest BCUT2D eigenvalue weighted by molar-refractivity contribution is 0.100. The molecule has 0 aliphatic rings. The van der Waals surface area contributed by atoms with Crippen molar-refractivity contribution >= 4 is 17.3 Å². The standard InChI is InChI=1S/C15H16FN3O2/c16-10-4-5-14(13(8-10)15(18)20)19-6-7-21-12-3-1-2-11(17)9-12/h1-5,8-9,19H,6-7,17H2,(H2,18,20). The van der Waals surface area contributed by atoms with Crippen LogP contribution in [0.25, 0.3) is 0 Å². The van der Waals surface area contributed by atoms with Gasteiger partial charge in [0.25, 0.3) is 5.91 Å². The van der Waals surface area contributed by atoms with Crippen molar-refractivity contribution in [3.63, 3.8) is 0 Å². The summed E-state index contributed by atoms with van der Waals surface area (Å²) >= 11 is 0. The lowest BCUT2D eigenvalue weighted by Gasteiger charge is -2.11. The van der Waals surface area contributed by atoms with Crippen LogP contribution in [0.5, 0.6) is 5.75 Å². The van der Waals surface area contributed by atoms with Crippen LogP contribution in [0, 0.1) is 5.82 Å². The summed E-state index contributed by atoms with van der Waals surface area (Å²) in [6, 6.07) is 10.9. The average molecular weight is 289 g/mol. The SMILES string of the molecule is NC(=O)c1cc(F)ccc1NCCOc1cccc(N)c1. The number of nitrogen functional groups attached to an aromatic ring is 1. The zero-order valence-corrected chi connectivity index (χ0v) is 11.3. The third-order valence-electron chi connectivity index (χ3n) is 2.79. The van der Waals surface area contributed by atoms with Crippen molar-refractivity contribution in [2.75, 3.05) is 24.2 Å². The number of hydrogen-bond acceptors (Lipinski definition) is 4. The smallest absolute Gasteiger partial charge is 0.250 e. The van der Waals surface area contributed by atoms with E-state index in [9.17, 15) is 9.18 Å². The minimum Gasteiger partial charge on any atom is -0.492 e. The van der Waals surface area contributed by atoms with Gasteiger partial charge in [0.1, 0.15) is 18.2 Å². The molecule has 0 spiro atoms. The molecule has 0 saturated carbocycles. The van der Waals surface area contributed by atoms with Gasteiger partial charge in [-0.3, -0.25) is 4.79 Å². The first-order chi connectivity index (χ1) is 10.1. The molecule has 2 rings (SSSR count). The number of carbonyl (C=O) groups excluding carboxylic acids is 1. The molecule has 6 heteroatoms. The fourth-order valence-corrected chi connectivity index (χ4v) is 1.83. The van der Waals surface area contributed by atoms with Gasteiger partial charge >= 0.3 is 0 Å². The molecule has 0 heterocycles. The topological polar surface area (TPSA) is 90.4 Å². The largest absolute Gasteiger partial charge is 0.492 e. The van der Waals surface area contributed by atoms with Gasteiger partial charge in [-0.25, -0.2) is 4.39 Å². The van der Waals surface area contributed by atoms with Crippen LogP contribution in [0.3, 0.4) is 0 Å². The highest BCUT2D eigenvalue weighted by Crippen LogP contribution is 2.17. The molecule has 0 aliphatic carbocycles. The van der Waals surface area contributed by atoms with E-state index in [0.29, 0.717) is 30.3 Å². The van der Waals surface area contributed by atoms with Crippen molar-refractivity contribution in [2.45, 2.75) is 0 Å². The predicted molar refractivity (Wildman–Crippen MR) is 79.8 cm³/mol. The molecule has 0 bridgehead atoms. The second kappa shape index (κ2) is 6.60. The molecule has 5 nitrogen and oxygen atoms in total. The number of benzene rings is 2. The van der Waals surface area contributed by atoms with Crippen molar-refractivity contribution in [1.29, 1.82) is 0 Å². The summed E-state index contributed by atoms with van der Waals surface area (Å²) in [6.07, 6.45) is 0. The molecule has 2 aromatic carbocycles. The van der Waals surface area contributed by atoms with Gasteiger partial charge in [0, 0.05) is 24.0 Å². The first-order valence-corrected chi connectivity index (χ1v) is 6.38. The first kappa shape index (κ1) is 14.6. The molecule has 0 fully saturated rings. The number of halogens is 1. The number of ether oxygens (including phenoxy) is 1. The third-order valence-corrected chi connectivity index (χ3v) is 2.79. The average Bonchev–Trinajstić information content (AvgIpc) is 2.44. The van der Waals surface area contributed by atoms with Crippen molar-refractivity contribution in [3.8, 4) is 5.75 Å². The molecule has 0 aromatic heterocycles. The van der Waals surface area contributed by atoms with Crippen LogP contribution >= 0.6 is 0 Å². The number of nitrogens with one attached hydrogen (secondary N) is 1. The monoisotopic (exact) mass is 289 g/mol. The maximum Gasteiger partial charge on any atom is 0.250 e. The minimum absolute atomic E-state index is 0.110. The highest BCUT2D eigenvalue weighted by molar-refractivity contribution is 5.98. The Morgan fingerprint density at radius 2 is 2.05 bits per heavy atom. The van der Waals surface area contributed by atoms with Crippen molar-refractivity contribution in [1.82, 2.24) is 0 Å². The van der Waals surface area contributed by atoms with E-state index < -0.39 is 11.7 Å². The van der Waals surface area contributed by atoms with Crippen LogP contribution in [-0.4, -0.2) is 19.1 Å². The van der Waals surface area contributed by atoms with Crippen LogP contribution in [0.15, 0.2) is 42.5 Å². The van der Waals surface area contributed by atoms with Crippen molar-refractivity contribution in [2.24, 2.45) is 5.73 Å². The van der Waals surface area contributed by atoms with Gasteiger partial charge < -0.3 is 21.5 Å². The number of amides is 1. The highest BCUT2D eigenvalue weighted by Gasteiger charge is 2.09. The first-order valence-electron chi connectivity index (χ1n) is 6.38.